The van der Waals surface area contributed by atoms with Crippen molar-refractivity contribution in [1.82, 2.24) is 19.5 Å². The van der Waals surface area contributed by atoms with Crippen molar-refractivity contribution in [3.05, 3.63) is 12.7 Å². The summed E-state index contributed by atoms with van der Waals surface area (Å²) in [7, 11) is 0. The van der Waals surface area contributed by atoms with E-state index < -0.39 is 5.79 Å². The Bertz CT molecular complexity index is 827. The fourth-order valence-electron chi connectivity index (χ4n) is 4.01. The van der Waals surface area contributed by atoms with E-state index in [-0.39, 0.29) is 30.0 Å². The molecule has 2 saturated heterocycles. The van der Waals surface area contributed by atoms with Crippen molar-refractivity contribution in [3.63, 3.8) is 0 Å². The Labute approximate surface area is 143 Å². The summed E-state index contributed by atoms with van der Waals surface area (Å²) in [5.74, 6) is 0.494. The van der Waals surface area contributed by atoms with Gasteiger partial charge in [-0.25, -0.2) is 15.0 Å². The molecule has 5 atom stereocenters. The molecule has 2 aromatic rings. The highest BCUT2D eigenvalue weighted by Crippen LogP contribution is 2.62. The third-order valence-corrected chi connectivity index (χ3v) is 5.55. The van der Waals surface area contributed by atoms with E-state index in [1.807, 2.05) is 18.4 Å². The van der Waals surface area contributed by atoms with E-state index in [1.54, 1.807) is 6.33 Å². The number of fused-ring (bicyclic) bond motifs is 3. The van der Waals surface area contributed by atoms with E-state index in [9.17, 15) is 0 Å². The van der Waals surface area contributed by atoms with Crippen molar-refractivity contribution in [2.75, 3.05) is 11.6 Å². The number of hydrogen-bond acceptors (Lipinski definition) is 7. The first-order chi connectivity index (χ1) is 11.5. The summed E-state index contributed by atoms with van der Waals surface area (Å²) >= 11 is 6.09. The molecule has 128 valence electrons. The molecule has 9 heteroatoms. The van der Waals surface area contributed by atoms with Crippen LogP contribution in [-0.4, -0.2) is 49.0 Å². The minimum absolute atomic E-state index is 0.155. The second kappa shape index (κ2) is 4.57. The molecule has 0 bridgehead atoms. The van der Waals surface area contributed by atoms with Gasteiger partial charge in [0.2, 0.25) is 0 Å². The van der Waals surface area contributed by atoms with Gasteiger partial charge in [-0.15, -0.1) is 11.6 Å². The van der Waals surface area contributed by atoms with E-state index in [2.05, 4.69) is 15.0 Å². The van der Waals surface area contributed by atoms with Gasteiger partial charge < -0.3 is 19.9 Å². The Morgan fingerprint density at radius 2 is 2.12 bits per heavy atom. The summed E-state index contributed by atoms with van der Waals surface area (Å²) in [4.78, 5) is 12.6. The fraction of sp³-hybridized carbons (Fsp3) is 0.667. The molecule has 1 saturated carbocycles. The number of ether oxygens (including phenoxy) is 3. The number of nitrogen functional groups attached to an aromatic ring is 1. The van der Waals surface area contributed by atoms with Crippen LogP contribution in [0.15, 0.2) is 12.7 Å². The van der Waals surface area contributed by atoms with Gasteiger partial charge >= 0.3 is 0 Å². The van der Waals surface area contributed by atoms with E-state index >= 15 is 0 Å². The Hall–Kier alpha value is -1.48. The minimum atomic E-state index is -0.659. The Morgan fingerprint density at radius 1 is 1.29 bits per heavy atom. The summed E-state index contributed by atoms with van der Waals surface area (Å²) in [6, 6.07) is 0. The third-order valence-electron chi connectivity index (χ3n) is 5.18. The monoisotopic (exact) mass is 351 g/mol. The standard InChI is InChI=1S/C15H18ClN5O3/c1-14(2)22-9-10(23-14)15(3-7(15)4-16)24-13(9)21-6-20-8-11(17)18-5-19-12(8)21/h5-7,9-10,13H,3-4H2,1-2H3,(H2,17,18,19)/t7-,9?,10+,13+,15+/m0/s1. The predicted octanol–water partition coefficient (Wildman–Crippen LogP) is 1.45. The zero-order chi connectivity index (χ0) is 16.7. The number of anilines is 1. The van der Waals surface area contributed by atoms with Crippen LogP contribution < -0.4 is 5.73 Å². The molecule has 8 nitrogen and oxygen atoms in total. The summed E-state index contributed by atoms with van der Waals surface area (Å²) in [5.41, 5.74) is 6.68. The average Bonchev–Trinajstić information content (AvgIpc) is 2.78. The molecule has 0 radical (unpaired) electrons. The normalized spacial score (nSPS) is 39.6. The van der Waals surface area contributed by atoms with Gasteiger partial charge in [0.1, 0.15) is 29.7 Å². The minimum Gasteiger partial charge on any atom is -0.382 e. The molecule has 5 rings (SSSR count). The van der Waals surface area contributed by atoms with Crippen LogP contribution in [0.2, 0.25) is 0 Å². The molecule has 4 heterocycles. The van der Waals surface area contributed by atoms with Crippen LogP contribution in [0.4, 0.5) is 5.82 Å². The Balaban J connectivity index is 1.59. The largest absolute Gasteiger partial charge is 0.382 e. The summed E-state index contributed by atoms with van der Waals surface area (Å²) in [5, 5.41) is 0. The van der Waals surface area contributed by atoms with E-state index in [0.29, 0.717) is 22.9 Å². The van der Waals surface area contributed by atoms with Crippen LogP contribution in [0.5, 0.6) is 0 Å². The zero-order valence-corrected chi connectivity index (χ0v) is 14.1. The maximum atomic E-state index is 6.40. The Morgan fingerprint density at radius 3 is 2.88 bits per heavy atom. The molecule has 3 aliphatic rings. The quantitative estimate of drug-likeness (QED) is 0.818. The van der Waals surface area contributed by atoms with Crippen LogP contribution in [0, 0.1) is 5.92 Å². The molecule has 2 N–H and O–H groups in total. The molecule has 2 aromatic heterocycles. The van der Waals surface area contributed by atoms with Crippen molar-refractivity contribution in [1.29, 1.82) is 0 Å². The fourth-order valence-corrected chi connectivity index (χ4v) is 4.38. The molecule has 0 aromatic carbocycles. The molecule has 24 heavy (non-hydrogen) atoms. The second-order valence-electron chi connectivity index (χ2n) is 7.12. The first-order valence-electron chi connectivity index (χ1n) is 7.97. The molecule has 1 spiro atoms. The van der Waals surface area contributed by atoms with E-state index in [0.717, 1.165) is 6.42 Å². The van der Waals surface area contributed by atoms with Crippen molar-refractivity contribution >= 4 is 28.6 Å². The van der Waals surface area contributed by atoms with Crippen molar-refractivity contribution in [2.24, 2.45) is 5.92 Å². The summed E-state index contributed by atoms with van der Waals surface area (Å²) in [6.07, 6.45) is 3.18. The SMILES string of the molecule is CC1(C)OC2[C@H](n3cnc4c(N)ncnc43)O[C@@]3(C[C@H]3CCl)[C@@H]2O1. The summed E-state index contributed by atoms with van der Waals surface area (Å²) in [6.45, 7) is 3.83. The van der Waals surface area contributed by atoms with Crippen LogP contribution in [0.25, 0.3) is 11.2 Å². The van der Waals surface area contributed by atoms with Gasteiger partial charge in [0, 0.05) is 11.8 Å². The maximum absolute atomic E-state index is 6.40. The molecule has 3 fully saturated rings. The molecular weight excluding hydrogens is 334 g/mol. The van der Waals surface area contributed by atoms with Crippen molar-refractivity contribution in [2.45, 2.75) is 50.1 Å². The van der Waals surface area contributed by atoms with Gasteiger partial charge in [0.25, 0.3) is 0 Å². The van der Waals surface area contributed by atoms with Crippen LogP contribution in [-0.2, 0) is 14.2 Å². The third kappa shape index (κ3) is 1.82. The molecule has 1 aliphatic carbocycles. The zero-order valence-electron chi connectivity index (χ0n) is 13.3. The van der Waals surface area contributed by atoms with E-state index in [1.165, 1.54) is 6.33 Å². The highest BCUT2D eigenvalue weighted by atomic mass is 35.5. The number of imidazole rings is 1. The van der Waals surface area contributed by atoms with Crippen LogP contribution >= 0.6 is 11.6 Å². The highest BCUT2D eigenvalue weighted by Gasteiger charge is 2.73. The van der Waals surface area contributed by atoms with Gasteiger partial charge in [-0.1, -0.05) is 0 Å². The van der Waals surface area contributed by atoms with Gasteiger partial charge in [0.05, 0.1) is 6.33 Å². The number of nitrogens with zero attached hydrogens (tertiary/aromatic N) is 4. The topological polar surface area (TPSA) is 97.3 Å². The predicted molar refractivity (Wildman–Crippen MR) is 85.2 cm³/mol. The van der Waals surface area contributed by atoms with Crippen molar-refractivity contribution < 1.29 is 14.2 Å². The lowest BCUT2D eigenvalue weighted by Gasteiger charge is -2.25. The van der Waals surface area contributed by atoms with Crippen LogP contribution in [0.3, 0.4) is 0 Å². The molecule has 0 amide bonds. The number of halogens is 1. The number of hydrogen-bond donors (Lipinski definition) is 1. The molecule has 1 unspecified atom stereocenters. The lowest BCUT2D eigenvalue weighted by Crippen LogP contribution is -2.33. The Kier molecular flexibility index (Phi) is 2.82. The first-order valence-corrected chi connectivity index (χ1v) is 8.51. The van der Waals surface area contributed by atoms with Gasteiger partial charge in [0.15, 0.2) is 23.5 Å². The van der Waals surface area contributed by atoms with Gasteiger partial charge in [-0.05, 0) is 20.3 Å². The number of aromatic nitrogens is 4. The molecule has 2 aliphatic heterocycles. The average molecular weight is 352 g/mol. The molecular formula is C15H18ClN5O3. The summed E-state index contributed by atoms with van der Waals surface area (Å²) < 4.78 is 20.6. The number of rotatable bonds is 2. The van der Waals surface area contributed by atoms with Crippen molar-refractivity contribution in [3.8, 4) is 0 Å². The van der Waals surface area contributed by atoms with Gasteiger partial charge in [-0.3, -0.25) is 4.57 Å². The highest BCUT2D eigenvalue weighted by molar-refractivity contribution is 6.18. The number of nitrogens with two attached hydrogens (primary N) is 1. The lowest BCUT2D eigenvalue weighted by atomic mass is 10.1. The van der Waals surface area contributed by atoms with Crippen LogP contribution in [0.1, 0.15) is 26.5 Å². The van der Waals surface area contributed by atoms with E-state index in [4.69, 9.17) is 31.5 Å². The lowest BCUT2D eigenvalue weighted by molar-refractivity contribution is -0.203. The first kappa shape index (κ1) is 14.8. The maximum Gasteiger partial charge on any atom is 0.167 e. The van der Waals surface area contributed by atoms with Gasteiger partial charge in [-0.2, -0.15) is 0 Å². The second-order valence-corrected chi connectivity index (χ2v) is 7.43. The number of alkyl halides is 1. The smallest absolute Gasteiger partial charge is 0.167 e.